The molecule has 0 aromatic rings. The summed E-state index contributed by atoms with van der Waals surface area (Å²) in [7, 11) is 0. The van der Waals surface area contributed by atoms with Crippen molar-refractivity contribution in [3.05, 3.63) is 0 Å². The lowest BCUT2D eigenvalue weighted by Crippen LogP contribution is -2.48. The molecule has 1 fully saturated rings. The van der Waals surface area contributed by atoms with E-state index in [1.807, 2.05) is 0 Å². The summed E-state index contributed by atoms with van der Waals surface area (Å²) in [6.07, 6.45) is 1.80. The molecule has 0 atom stereocenters. The van der Waals surface area contributed by atoms with Gasteiger partial charge >= 0.3 is 0 Å². The molecule has 17 heavy (non-hydrogen) atoms. The van der Waals surface area contributed by atoms with Gasteiger partial charge in [-0.2, -0.15) is 0 Å². The van der Waals surface area contributed by atoms with Crippen LogP contribution in [0.15, 0.2) is 0 Å². The number of piperidine rings is 1. The predicted molar refractivity (Wildman–Crippen MR) is 73.2 cm³/mol. The van der Waals surface area contributed by atoms with Crippen LogP contribution in [0.5, 0.6) is 0 Å². The Bertz CT molecular complexity index is 225. The molecule has 1 saturated heterocycles. The highest BCUT2D eigenvalue weighted by molar-refractivity contribution is 4.82. The maximum absolute atomic E-state index is 9.50. The second kappa shape index (κ2) is 5.68. The van der Waals surface area contributed by atoms with Gasteiger partial charge in [0.15, 0.2) is 0 Å². The van der Waals surface area contributed by atoms with Crippen LogP contribution >= 0.6 is 0 Å². The lowest BCUT2D eigenvalue weighted by Gasteiger charge is -2.37. The van der Waals surface area contributed by atoms with Crippen LogP contribution in [-0.2, 0) is 0 Å². The molecule has 0 bridgehead atoms. The zero-order valence-corrected chi connectivity index (χ0v) is 12.2. The van der Waals surface area contributed by atoms with Gasteiger partial charge in [0.2, 0.25) is 0 Å². The molecule has 1 heterocycles. The summed E-state index contributed by atoms with van der Waals surface area (Å²) < 4.78 is 0. The van der Waals surface area contributed by atoms with Gasteiger partial charge < -0.3 is 15.3 Å². The van der Waals surface area contributed by atoms with E-state index in [2.05, 4.69) is 44.8 Å². The van der Waals surface area contributed by atoms with Crippen molar-refractivity contribution in [3.8, 4) is 0 Å². The monoisotopic (exact) mass is 242 g/mol. The van der Waals surface area contributed by atoms with Gasteiger partial charge in [-0.25, -0.2) is 0 Å². The minimum atomic E-state index is -0.0675. The highest BCUT2D eigenvalue weighted by atomic mass is 16.3. The minimum Gasteiger partial charge on any atom is -0.393 e. The first-order valence-corrected chi connectivity index (χ1v) is 6.83. The molecule has 0 radical (unpaired) electrons. The van der Waals surface area contributed by atoms with E-state index in [1.165, 1.54) is 0 Å². The molecule has 0 unspecified atom stereocenters. The molecule has 3 heteroatoms. The zero-order valence-electron chi connectivity index (χ0n) is 12.2. The van der Waals surface area contributed by atoms with Crippen LogP contribution in [0.2, 0.25) is 0 Å². The topological polar surface area (TPSA) is 35.5 Å². The van der Waals surface area contributed by atoms with E-state index in [0.29, 0.717) is 0 Å². The van der Waals surface area contributed by atoms with Gasteiger partial charge in [0.25, 0.3) is 0 Å². The Morgan fingerprint density at radius 2 is 1.65 bits per heavy atom. The summed E-state index contributed by atoms with van der Waals surface area (Å²) in [5.41, 5.74) is 0.477. The molecule has 0 aliphatic carbocycles. The molecule has 0 spiro atoms. The van der Waals surface area contributed by atoms with Crippen molar-refractivity contribution in [2.45, 2.75) is 59.1 Å². The van der Waals surface area contributed by atoms with Crippen molar-refractivity contribution >= 4 is 0 Å². The number of nitrogens with zero attached hydrogens (tertiary/aromatic N) is 1. The first-order chi connectivity index (χ1) is 7.68. The highest BCUT2D eigenvalue weighted by Crippen LogP contribution is 2.20. The van der Waals surface area contributed by atoms with E-state index in [9.17, 15) is 5.11 Å². The molecule has 1 aliphatic rings. The lowest BCUT2D eigenvalue weighted by molar-refractivity contribution is 0.0620. The maximum Gasteiger partial charge on any atom is 0.0564 e. The smallest absolute Gasteiger partial charge is 0.0564 e. The SMILES string of the molecule is CC(C)(CNC(C)(C)C)CN1CCC(O)CC1. The number of hydrogen-bond donors (Lipinski definition) is 2. The minimum absolute atomic E-state index is 0.0675. The van der Waals surface area contributed by atoms with E-state index >= 15 is 0 Å². The number of rotatable bonds is 4. The first-order valence-electron chi connectivity index (χ1n) is 6.83. The van der Waals surface area contributed by atoms with Gasteiger partial charge in [-0.15, -0.1) is 0 Å². The van der Waals surface area contributed by atoms with Crippen molar-refractivity contribution in [3.63, 3.8) is 0 Å². The lowest BCUT2D eigenvalue weighted by atomic mass is 9.90. The summed E-state index contributed by atoms with van der Waals surface area (Å²) >= 11 is 0. The number of aliphatic hydroxyl groups excluding tert-OH is 1. The van der Waals surface area contributed by atoms with Crippen LogP contribution in [0.3, 0.4) is 0 Å². The largest absolute Gasteiger partial charge is 0.393 e. The summed E-state index contributed by atoms with van der Waals surface area (Å²) in [5, 5.41) is 13.1. The predicted octanol–water partition coefficient (Wildman–Crippen LogP) is 1.86. The molecule has 1 aliphatic heterocycles. The standard InChI is InChI=1S/C14H30N2O/c1-13(2,3)15-10-14(4,5)11-16-8-6-12(17)7-9-16/h12,15,17H,6-11H2,1-5H3. The van der Waals surface area contributed by atoms with E-state index in [0.717, 1.165) is 39.0 Å². The highest BCUT2D eigenvalue weighted by Gasteiger charge is 2.26. The summed E-state index contributed by atoms with van der Waals surface area (Å²) in [5.74, 6) is 0. The maximum atomic E-state index is 9.50. The average Bonchev–Trinajstić information content (AvgIpc) is 2.18. The Morgan fingerprint density at radius 1 is 1.12 bits per heavy atom. The second-order valence-corrected chi connectivity index (χ2v) is 7.28. The van der Waals surface area contributed by atoms with Gasteiger partial charge in [0.05, 0.1) is 6.10 Å². The quantitative estimate of drug-likeness (QED) is 0.790. The number of nitrogens with one attached hydrogen (secondary N) is 1. The fraction of sp³-hybridized carbons (Fsp3) is 1.00. The Morgan fingerprint density at radius 3 is 2.12 bits per heavy atom. The fourth-order valence-electron chi connectivity index (χ4n) is 2.24. The third kappa shape index (κ3) is 6.39. The van der Waals surface area contributed by atoms with Crippen LogP contribution in [0.4, 0.5) is 0 Å². The molecule has 3 nitrogen and oxygen atoms in total. The van der Waals surface area contributed by atoms with E-state index < -0.39 is 0 Å². The molecule has 102 valence electrons. The van der Waals surface area contributed by atoms with Gasteiger partial charge in [-0.3, -0.25) is 0 Å². The van der Waals surface area contributed by atoms with Gasteiger partial charge in [-0.1, -0.05) is 13.8 Å². The number of aliphatic hydroxyl groups is 1. The third-order valence-electron chi connectivity index (χ3n) is 3.31. The van der Waals surface area contributed by atoms with Gasteiger partial charge in [0.1, 0.15) is 0 Å². The average molecular weight is 242 g/mol. The van der Waals surface area contributed by atoms with Crippen molar-refractivity contribution in [1.82, 2.24) is 10.2 Å². The first kappa shape index (κ1) is 14.9. The van der Waals surface area contributed by atoms with Crippen molar-refractivity contribution in [2.24, 2.45) is 5.41 Å². The van der Waals surface area contributed by atoms with E-state index in [4.69, 9.17) is 0 Å². The summed E-state index contributed by atoms with van der Waals surface area (Å²) in [6, 6.07) is 0. The summed E-state index contributed by atoms with van der Waals surface area (Å²) in [4.78, 5) is 2.48. The van der Waals surface area contributed by atoms with Crippen molar-refractivity contribution in [2.75, 3.05) is 26.2 Å². The van der Waals surface area contributed by atoms with Crippen LogP contribution in [-0.4, -0.2) is 47.8 Å². The van der Waals surface area contributed by atoms with Crippen LogP contribution < -0.4 is 5.32 Å². The van der Waals surface area contributed by atoms with Gasteiger partial charge in [-0.05, 0) is 39.0 Å². The van der Waals surface area contributed by atoms with Crippen LogP contribution in [0.25, 0.3) is 0 Å². The Labute approximate surface area is 107 Å². The number of hydrogen-bond acceptors (Lipinski definition) is 3. The summed E-state index contributed by atoms with van der Waals surface area (Å²) in [6.45, 7) is 15.5. The fourth-order valence-corrected chi connectivity index (χ4v) is 2.24. The number of likely N-dealkylation sites (tertiary alicyclic amines) is 1. The van der Waals surface area contributed by atoms with Crippen LogP contribution in [0.1, 0.15) is 47.5 Å². The molecule has 0 aromatic carbocycles. The molecule has 1 rings (SSSR count). The third-order valence-corrected chi connectivity index (χ3v) is 3.31. The Kier molecular flexibility index (Phi) is 4.99. The molecule has 0 amide bonds. The molecule has 0 aromatic heterocycles. The van der Waals surface area contributed by atoms with Crippen LogP contribution in [0, 0.1) is 5.41 Å². The molecular formula is C14H30N2O. The molecule has 0 saturated carbocycles. The second-order valence-electron chi connectivity index (χ2n) is 7.28. The Hall–Kier alpha value is -0.120. The molecule has 2 N–H and O–H groups in total. The van der Waals surface area contributed by atoms with Crippen molar-refractivity contribution < 1.29 is 5.11 Å². The van der Waals surface area contributed by atoms with E-state index in [-0.39, 0.29) is 17.1 Å². The van der Waals surface area contributed by atoms with Crippen molar-refractivity contribution in [1.29, 1.82) is 0 Å². The van der Waals surface area contributed by atoms with E-state index in [1.54, 1.807) is 0 Å². The van der Waals surface area contributed by atoms with Gasteiger partial charge in [0, 0.05) is 31.7 Å². The molecular weight excluding hydrogens is 212 g/mol. The zero-order chi connectivity index (χ0) is 13.1. The normalized spacial score (nSPS) is 20.8. The Balaban J connectivity index is 2.33.